The van der Waals surface area contributed by atoms with E-state index in [1.165, 1.54) is 18.2 Å². The van der Waals surface area contributed by atoms with E-state index in [1.54, 1.807) is 6.07 Å². The molecular formula is C12H15NO3. The van der Waals surface area contributed by atoms with Crippen molar-refractivity contribution >= 4 is 5.78 Å². The van der Waals surface area contributed by atoms with Gasteiger partial charge in [0.15, 0.2) is 17.3 Å². The van der Waals surface area contributed by atoms with E-state index < -0.39 is 0 Å². The van der Waals surface area contributed by atoms with Gasteiger partial charge in [-0.25, -0.2) is 0 Å². The zero-order chi connectivity index (χ0) is 12.0. The minimum absolute atomic E-state index is 0.0476. The Kier molecular flexibility index (Phi) is 4.54. The van der Waals surface area contributed by atoms with Gasteiger partial charge in [-0.05, 0) is 36.7 Å². The topological polar surface area (TPSA) is 69.6 Å². The summed E-state index contributed by atoms with van der Waals surface area (Å²) in [6, 6.07) is 4.68. The number of carbonyl (C=O) groups is 1. The van der Waals surface area contributed by atoms with Crippen LogP contribution in [0.5, 0.6) is 11.5 Å². The first-order valence-electron chi connectivity index (χ1n) is 5.00. The standard InChI is InChI=1S/C12H15NO3/c1-2-10(14)8-13-6-5-9-3-4-11(15)12(16)7-9/h2-4,7,13,15-16H,1,5-6,8H2. The molecule has 4 nitrogen and oxygen atoms in total. The Labute approximate surface area is 94.2 Å². The Balaban J connectivity index is 2.35. The van der Waals surface area contributed by atoms with E-state index in [1.807, 2.05) is 0 Å². The highest BCUT2D eigenvalue weighted by atomic mass is 16.3. The van der Waals surface area contributed by atoms with Crippen molar-refractivity contribution in [3.63, 3.8) is 0 Å². The summed E-state index contributed by atoms with van der Waals surface area (Å²) in [6.45, 7) is 4.27. The molecule has 0 aromatic heterocycles. The van der Waals surface area contributed by atoms with E-state index in [4.69, 9.17) is 5.11 Å². The first kappa shape index (κ1) is 12.3. The molecule has 0 saturated heterocycles. The predicted molar refractivity (Wildman–Crippen MR) is 61.5 cm³/mol. The fourth-order valence-electron chi connectivity index (χ4n) is 1.24. The van der Waals surface area contributed by atoms with Crippen molar-refractivity contribution in [1.82, 2.24) is 5.32 Å². The van der Waals surface area contributed by atoms with Gasteiger partial charge < -0.3 is 15.5 Å². The fraction of sp³-hybridized carbons (Fsp3) is 0.250. The van der Waals surface area contributed by atoms with Gasteiger partial charge >= 0.3 is 0 Å². The summed E-state index contributed by atoms with van der Waals surface area (Å²) >= 11 is 0. The molecule has 1 aromatic rings. The molecule has 0 aliphatic rings. The van der Waals surface area contributed by atoms with Crippen LogP contribution in [0.15, 0.2) is 30.9 Å². The maximum atomic E-state index is 10.9. The molecule has 0 saturated carbocycles. The molecule has 0 fully saturated rings. The molecule has 0 spiro atoms. The molecule has 16 heavy (non-hydrogen) atoms. The van der Waals surface area contributed by atoms with E-state index in [-0.39, 0.29) is 23.8 Å². The molecule has 0 heterocycles. The van der Waals surface area contributed by atoms with Crippen molar-refractivity contribution in [3.05, 3.63) is 36.4 Å². The normalized spacial score (nSPS) is 10.0. The minimum atomic E-state index is -0.126. The van der Waals surface area contributed by atoms with Crippen LogP contribution in [0.1, 0.15) is 5.56 Å². The van der Waals surface area contributed by atoms with E-state index in [9.17, 15) is 9.90 Å². The monoisotopic (exact) mass is 221 g/mol. The number of aromatic hydroxyl groups is 2. The molecule has 1 aromatic carbocycles. The summed E-state index contributed by atoms with van der Waals surface area (Å²) in [5, 5.41) is 21.3. The lowest BCUT2D eigenvalue weighted by Gasteiger charge is -2.04. The summed E-state index contributed by atoms with van der Waals surface area (Å²) in [6.07, 6.45) is 1.96. The van der Waals surface area contributed by atoms with Gasteiger partial charge in [0.1, 0.15) is 0 Å². The van der Waals surface area contributed by atoms with Crippen molar-refractivity contribution in [2.24, 2.45) is 0 Å². The van der Waals surface area contributed by atoms with E-state index >= 15 is 0 Å². The first-order valence-corrected chi connectivity index (χ1v) is 5.00. The smallest absolute Gasteiger partial charge is 0.168 e. The van der Waals surface area contributed by atoms with Crippen LogP contribution in [0.25, 0.3) is 0 Å². The van der Waals surface area contributed by atoms with Crippen LogP contribution < -0.4 is 5.32 Å². The van der Waals surface area contributed by atoms with Crippen molar-refractivity contribution < 1.29 is 15.0 Å². The lowest BCUT2D eigenvalue weighted by atomic mass is 10.1. The molecule has 0 bridgehead atoms. The average molecular weight is 221 g/mol. The van der Waals surface area contributed by atoms with Crippen molar-refractivity contribution in [3.8, 4) is 11.5 Å². The summed E-state index contributed by atoms with van der Waals surface area (Å²) in [7, 11) is 0. The number of ketones is 1. The number of rotatable bonds is 6. The van der Waals surface area contributed by atoms with E-state index in [2.05, 4.69) is 11.9 Å². The quantitative estimate of drug-likeness (QED) is 0.380. The van der Waals surface area contributed by atoms with Gasteiger partial charge in [0.25, 0.3) is 0 Å². The van der Waals surface area contributed by atoms with Gasteiger partial charge in [0.2, 0.25) is 0 Å². The Morgan fingerprint density at radius 2 is 2.12 bits per heavy atom. The summed E-state index contributed by atoms with van der Waals surface area (Å²) in [4.78, 5) is 10.9. The van der Waals surface area contributed by atoms with Crippen LogP contribution in [0, 0.1) is 0 Å². The lowest BCUT2D eigenvalue weighted by molar-refractivity contribution is -0.113. The molecule has 0 unspecified atom stereocenters. The van der Waals surface area contributed by atoms with Crippen LogP contribution in [-0.2, 0) is 11.2 Å². The highest BCUT2D eigenvalue weighted by Gasteiger charge is 2.00. The zero-order valence-electron chi connectivity index (χ0n) is 8.94. The maximum Gasteiger partial charge on any atom is 0.168 e. The van der Waals surface area contributed by atoms with Crippen LogP contribution in [0.2, 0.25) is 0 Å². The number of nitrogens with one attached hydrogen (secondary N) is 1. The zero-order valence-corrected chi connectivity index (χ0v) is 8.94. The second kappa shape index (κ2) is 5.92. The Bertz CT molecular complexity index is 388. The highest BCUT2D eigenvalue weighted by molar-refractivity contribution is 5.90. The Hall–Kier alpha value is -1.81. The summed E-state index contributed by atoms with van der Waals surface area (Å²) < 4.78 is 0. The number of phenols is 2. The third-order valence-electron chi connectivity index (χ3n) is 2.16. The molecule has 3 N–H and O–H groups in total. The molecule has 0 radical (unpaired) electrons. The van der Waals surface area contributed by atoms with Crippen molar-refractivity contribution in [2.45, 2.75) is 6.42 Å². The number of benzene rings is 1. The Morgan fingerprint density at radius 1 is 1.38 bits per heavy atom. The molecule has 0 atom stereocenters. The van der Waals surface area contributed by atoms with Crippen LogP contribution in [-0.4, -0.2) is 29.1 Å². The summed E-state index contributed by atoms with van der Waals surface area (Å²) in [5.41, 5.74) is 0.897. The second-order valence-electron chi connectivity index (χ2n) is 3.42. The molecule has 0 amide bonds. The van der Waals surface area contributed by atoms with Crippen molar-refractivity contribution in [2.75, 3.05) is 13.1 Å². The molecule has 1 rings (SSSR count). The maximum absolute atomic E-state index is 10.9. The van der Waals surface area contributed by atoms with Gasteiger partial charge in [0.05, 0.1) is 6.54 Å². The summed E-state index contributed by atoms with van der Waals surface area (Å²) in [5.74, 6) is -0.299. The lowest BCUT2D eigenvalue weighted by Crippen LogP contribution is -2.23. The van der Waals surface area contributed by atoms with Crippen LogP contribution >= 0.6 is 0 Å². The predicted octanol–water partition coefficient (Wildman–Crippen LogP) is 0.985. The average Bonchev–Trinajstić information content (AvgIpc) is 2.28. The van der Waals surface area contributed by atoms with Gasteiger partial charge in [-0.3, -0.25) is 4.79 Å². The van der Waals surface area contributed by atoms with Gasteiger partial charge in [-0.2, -0.15) is 0 Å². The largest absolute Gasteiger partial charge is 0.504 e. The van der Waals surface area contributed by atoms with Crippen molar-refractivity contribution in [1.29, 1.82) is 0 Å². The number of hydrogen-bond donors (Lipinski definition) is 3. The van der Waals surface area contributed by atoms with Crippen LogP contribution in [0.4, 0.5) is 0 Å². The second-order valence-corrected chi connectivity index (χ2v) is 3.42. The third-order valence-corrected chi connectivity index (χ3v) is 2.16. The molecule has 86 valence electrons. The van der Waals surface area contributed by atoms with Gasteiger partial charge in [-0.1, -0.05) is 12.6 Å². The van der Waals surface area contributed by atoms with Crippen LogP contribution in [0.3, 0.4) is 0 Å². The van der Waals surface area contributed by atoms with Gasteiger partial charge in [0, 0.05) is 0 Å². The molecular weight excluding hydrogens is 206 g/mol. The highest BCUT2D eigenvalue weighted by Crippen LogP contribution is 2.24. The third kappa shape index (κ3) is 3.74. The van der Waals surface area contributed by atoms with Gasteiger partial charge in [-0.15, -0.1) is 0 Å². The molecule has 0 aliphatic heterocycles. The fourth-order valence-corrected chi connectivity index (χ4v) is 1.24. The number of phenolic OH excluding ortho intramolecular Hbond substituents is 2. The SMILES string of the molecule is C=CC(=O)CNCCc1ccc(O)c(O)c1. The molecule has 4 heteroatoms. The number of hydrogen-bond acceptors (Lipinski definition) is 4. The van der Waals surface area contributed by atoms with E-state index in [0.29, 0.717) is 13.0 Å². The molecule has 0 aliphatic carbocycles. The Morgan fingerprint density at radius 3 is 2.75 bits per heavy atom. The first-order chi connectivity index (χ1) is 7.63. The number of carbonyl (C=O) groups excluding carboxylic acids is 1. The van der Waals surface area contributed by atoms with E-state index in [0.717, 1.165) is 5.56 Å². The minimum Gasteiger partial charge on any atom is -0.504 e.